The van der Waals surface area contributed by atoms with Gasteiger partial charge < -0.3 is 19.3 Å². The molecule has 78 valence electrons. The van der Waals surface area contributed by atoms with E-state index in [9.17, 15) is 4.79 Å². The summed E-state index contributed by atoms with van der Waals surface area (Å²) in [6.45, 7) is 1.01. The predicted molar refractivity (Wildman–Crippen MR) is 46.3 cm³/mol. The standard InChI is InChI=1S/C7H13ClO5/c1-11-2-3-12-5-6(4-8)13-7(9)10/h6H,2-5H2,1H3,(H,9,10). The van der Waals surface area contributed by atoms with Crippen LogP contribution in [-0.4, -0.2) is 50.2 Å². The summed E-state index contributed by atoms with van der Waals surface area (Å²) in [4.78, 5) is 10.1. The molecule has 0 aliphatic carbocycles. The molecule has 0 aromatic rings. The smallest absolute Gasteiger partial charge is 0.450 e. The third kappa shape index (κ3) is 7.83. The first-order valence-corrected chi connectivity index (χ1v) is 4.26. The number of halogens is 1. The van der Waals surface area contributed by atoms with Crippen LogP contribution in [0.4, 0.5) is 4.79 Å². The van der Waals surface area contributed by atoms with E-state index < -0.39 is 12.3 Å². The molecule has 6 heteroatoms. The molecule has 0 radical (unpaired) electrons. The van der Waals surface area contributed by atoms with E-state index in [1.807, 2.05) is 0 Å². The van der Waals surface area contributed by atoms with Gasteiger partial charge in [-0.15, -0.1) is 11.6 Å². The Balaban J connectivity index is 3.42. The second-order valence-corrected chi connectivity index (χ2v) is 2.54. The Labute approximate surface area is 81.5 Å². The van der Waals surface area contributed by atoms with Crippen LogP contribution in [0.5, 0.6) is 0 Å². The number of hydrogen-bond donors (Lipinski definition) is 1. The minimum Gasteiger partial charge on any atom is -0.450 e. The maximum atomic E-state index is 10.1. The van der Waals surface area contributed by atoms with Crippen molar-refractivity contribution in [1.29, 1.82) is 0 Å². The Hall–Kier alpha value is -0.520. The summed E-state index contributed by atoms with van der Waals surface area (Å²) >= 11 is 5.42. The van der Waals surface area contributed by atoms with Gasteiger partial charge >= 0.3 is 6.16 Å². The van der Waals surface area contributed by atoms with Gasteiger partial charge in [0.05, 0.1) is 25.7 Å². The van der Waals surface area contributed by atoms with Crippen molar-refractivity contribution in [2.24, 2.45) is 0 Å². The fraction of sp³-hybridized carbons (Fsp3) is 0.857. The van der Waals surface area contributed by atoms with Crippen molar-refractivity contribution in [3.8, 4) is 0 Å². The average molecular weight is 213 g/mol. The first-order valence-electron chi connectivity index (χ1n) is 3.73. The molecule has 0 aliphatic heterocycles. The number of carbonyl (C=O) groups is 1. The molecular formula is C7H13ClO5. The van der Waals surface area contributed by atoms with Crippen LogP contribution >= 0.6 is 11.6 Å². The maximum absolute atomic E-state index is 10.1. The molecule has 0 bridgehead atoms. The van der Waals surface area contributed by atoms with Crippen LogP contribution in [0.2, 0.25) is 0 Å². The molecule has 5 nitrogen and oxygen atoms in total. The zero-order valence-electron chi connectivity index (χ0n) is 7.36. The largest absolute Gasteiger partial charge is 0.506 e. The van der Waals surface area contributed by atoms with E-state index in [0.717, 1.165) is 0 Å². The molecular weight excluding hydrogens is 200 g/mol. The molecule has 0 heterocycles. The van der Waals surface area contributed by atoms with Gasteiger partial charge in [-0.2, -0.15) is 0 Å². The van der Waals surface area contributed by atoms with Gasteiger partial charge in [0.2, 0.25) is 0 Å². The van der Waals surface area contributed by atoms with E-state index >= 15 is 0 Å². The van der Waals surface area contributed by atoms with E-state index in [1.165, 1.54) is 0 Å². The predicted octanol–water partition coefficient (Wildman–Crippen LogP) is 0.951. The van der Waals surface area contributed by atoms with Gasteiger partial charge in [-0.05, 0) is 0 Å². The van der Waals surface area contributed by atoms with E-state index in [-0.39, 0.29) is 12.5 Å². The molecule has 0 spiro atoms. The maximum Gasteiger partial charge on any atom is 0.506 e. The molecule has 0 aromatic carbocycles. The Kier molecular flexibility index (Phi) is 7.77. The topological polar surface area (TPSA) is 65.0 Å². The van der Waals surface area contributed by atoms with Crippen molar-refractivity contribution < 1.29 is 24.1 Å². The van der Waals surface area contributed by atoms with Crippen LogP contribution in [0.25, 0.3) is 0 Å². The molecule has 0 saturated carbocycles. The van der Waals surface area contributed by atoms with E-state index in [4.69, 9.17) is 26.2 Å². The van der Waals surface area contributed by atoms with Gasteiger partial charge in [0.25, 0.3) is 0 Å². The van der Waals surface area contributed by atoms with Crippen LogP contribution < -0.4 is 0 Å². The van der Waals surface area contributed by atoms with Crippen LogP contribution in [0.15, 0.2) is 0 Å². The minimum absolute atomic E-state index is 0.0826. The summed E-state index contributed by atoms with van der Waals surface area (Å²) in [5, 5.41) is 8.26. The molecule has 0 aromatic heterocycles. The van der Waals surface area contributed by atoms with Gasteiger partial charge in [-0.25, -0.2) is 4.79 Å². The number of ether oxygens (including phenoxy) is 3. The molecule has 1 atom stereocenters. The zero-order valence-corrected chi connectivity index (χ0v) is 8.12. The lowest BCUT2D eigenvalue weighted by Gasteiger charge is -2.12. The fourth-order valence-electron chi connectivity index (χ4n) is 0.610. The number of methoxy groups -OCH3 is 1. The second-order valence-electron chi connectivity index (χ2n) is 2.23. The summed E-state index contributed by atoms with van der Waals surface area (Å²) in [6.07, 6.45) is -1.96. The Morgan fingerprint density at radius 1 is 1.54 bits per heavy atom. The highest BCUT2D eigenvalue weighted by Gasteiger charge is 2.11. The first-order chi connectivity index (χ1) is 6.20. The quantitative estimate of drug-likeness (QED) is 0.387. The lowest BCUT2D eigenvalue weighted by Crippen LogP contribution is -2.25. The summed E-state index contributed by atoms with van der Waals surface area (Å²) in [6, 6.07) is 0. The van der Waals surface area contributed by atoms with Crippen LogP contribution in [0, 0.1) is 0 Å². The summed E-state index contributed by atoms with van der Waals surface area (Å²) in [5.74, 6) is 0.0826. The highest BCUT2D eigenvalue weighted by Crippen LogP contribution is 1.97. The van der Waals surface area contributed by atoms with Gasteiger partial charge in [0, 0.05) is 7.11 Å². The number of carboxylic acid groups (broad SMARTS) is 1. The highest BCUT2D eigenvalue weighted by molar-refractivity contribution is 6.18. The molecule has 0 rings (SSSR count). The van der Waals surface area contributed by atoms with Gasteiger partial charge in [-0.1, -0.05) is 0 Å². The summed E-state index contributed by atoms with van der Waals surface area (Å²) in [7, 11) is 1.55. The molecule has 1 unspecified atom stereocenters. The molecule has 13 heavy (non-hydrogen) atoms. The molecule has 0 aliphatic rings. The third-order valence-electron chi connectivity index (χ3n) is 1.18. The molecule has 0 amide bonds. The van der Waals surface area contributed by atoms with Gasteiger partial charge in [-0.3, -0.25) is 0 Å². The monoisotopic (exact) mass is 212 g/mol. The number of rotatable bonds is 7. The van der Waals surface area contributed by atoms with Crippen molar-refractivity contribution in [3.05, 3.63) is 0 Å². The summed E-state index contributed by atoms with van der Waals surface area (Å²) < 4.78 is 14.2. The van der Waals surface area contributed by atoms with Gasteiger partial charge in [0.1, 0.15) is 6.10 Å². The Morgan fingerprint density at radius 2 is 2.23 bits per heavy atom. The fourth-order valence-corrected chi connectivity index (χ4v) is 0.762. The van der Waals surface area contributed by atoms with Crippen molar-refractivity contribution in [3.63, 3.8) is 0 Å². The Morgan fingerprint density at radius 3 is 2.69 bits per heavy atom. The van der Waals surface area contributed by atoms with E-state index in [0.29, 0.717) is 13.2 Å². The summed E-state index contributed by atoms with van der Waals surface area (Å²) in [5.41, 5.74) is 0. The van der Waals surface area contributed by atoms with E-state index in [1.54, 1.807) is 7.11 Å². The lowest BCUT2D eigenvalue weighted by molar-refractivity contribution is -0.00470. The van der Waals surface area contributed by atoms with Crippen LogP contribution in [0.1, 0.15) is 0 Å². The van der Waals surface area contributed by atoms with Crippen molar-refractivity contribution >= 4 is 17.8 Å². The average Bonchev–Trinajstić information content (AvgIpc) is 2.09. The molecule has 1 N–H and O–H groups in total. The van der Waals surface area contributed by atoms with Crippen LogP contribution in [-0.2, 0) is 14.2 Å². The van der Waals surface area contributed by atoms with Crippen molar-refractivity contribution in [2.45, 2.75) is 6.10 Å². The van der Waals surface area contributed by atoms with E-state index in [2.05, 4.69) is 4.74 Å². The molecule has 0 saturated heterocycles. The zero-order chi connectivity index (χ0) is 10.1. The number of hydrogen-bond acceptors (Lipinski definition) is 4. The lowest BCUT2D eigenvalue weighted by atomic mass is 10.4. The number of alkyl halides is 1. The van der Waals surface area contributed by atoms with Crippen molar-refractivity contribution in [2.75, 3.05) is 32.8 Å². The highest BCUT2D eigenvalue weighted by atomic mass is 35.5. The van der Waals surface area contributed by atoms with Crippen LogP contribution in [0.3, 0.4) is 0 Å². The first kappa shape index (κ1) is 12.5. The van der Waals surface area contributed by atoms with Crippen molar-refractivity contribution in [1.82, 2.24) is 0 Å². The third-order valence-corrected chi connectivity index (χ3v) is 1.52. The minimum atomic E-state index is -1.35. The Bertz CT molecular complexity index is 141. The SMILES string of the molecule is COCCOCC(CCl)OC(=O)O. The second kappa shape index (κ2) is 8.10. The molecule has 0 fully saturated rings. The normalized spacial score (nSPS) is 12.5. The van der Waals surface area contributed by atoms with Gasteiger partial charge in [0.15, 0.2) is 0 Å².